The van der Waals surface area contributed by atoms with Gasteiger partial charge in [0.15, 0.2) is 23.2 Å². The molecule has 3 aromatic rings. The summed E-state index contributed by atoms with van der Waals surface area (Å²) in [7, 11) is -1.45. The molecule has 2 amide bonds. The summed E-state index contributed by atoms with van der Waals surface area (Å²) in [6.07, 6.45) is -0.702. The monoisotopic (exact) mass is 609 g/mol. The fourth-order valence-corrected chi connectivity index (χ4v) is 4.69. The van der Waals surface area contributed by atoms with Crippen LogP contribution in [0.4, 0.5) is 9.93 Å². The molecule has 4 rings (SSSR count). The number of oxime groups is 1. The van der Waals surface area contributed by atoms with E-state index < -0.39 is 43.3 Å². The standard InChI is InChI=1S/C27H28BN5O9S/c29-26-32-20(15-43-26)23(21(34)12-18-11-17-7-4-8-19(25(36)37)24(17)42-28(18)39)33-41-14-22(35)30-9-10-31-27(38)40-13-16-5-2-1-3-6-16/h1-8,15,18,39H,9-14H2,(H2,29,32)(H,30,35)(H,31,38)(H,36,37)/b33-23-/t18-/m1/s1. The third kappa shape index (κ3) is 8.77. The van der Waals surface area contributed by atoms with Crippen molar-refractivity contribution in [1.82, 2.24) is 15.6 Å². The van der Waals surface area contributed by atoms with Crippen molar-refractivity contribution in [2.24, 2.45) is 5.16 Å². The van der Waals surface area contributed by atoms with E-state index in [4.69, 9.17) is 20.0 Å². The van der Waals surface area contributed by atoms with Gasteiger partial charge in [0.25, 0.3) is 5.91 Å². The van der Waals surface area contributed by atoms with Crippen molar-refractivity contribution in [3.63, 3.8) is 0 Å². The van der Waals surface area contributed by atoms with Crippen molar-refractivity contribution in [1.29, 1.82) is 0 Å². The zero-order chi connectivity index (χ0) is 30.8. The van der Waals surface area contributed by atoms with Crippen LogP contribution in [0.25, 0.3) is 0 Å². The summed E-state index contributed by atoms with van der Waals surface area (Å²) in [5.74, 6) is -2.99. The summed E-state index contributed by atoms with van der Waals surface area (Å²) < 4.78 is 10.6. The van der Waals surface area contributed by atoms with Crippen LogP contribution in [0.1, 0.15) is 33.6 Å². The first kappa shape index (κ1) is 31.0. The number of hydrogen-bond acceptors (Lipinski definition) is 12. The number of carbonyl (C=O) groups is 4. The van der Waals surface area contributed by atoms with Gasteiger partial charge in [-0.3, -0.25) is 9.59 Å². The molecular weight excluding hydrogens is 581 g/mol. The predicted molar refractivity (Wildman–Crippen MR) is 156 cm³/mol. The van der Waals surface area contributed by atoms with E-state index in [1.165, 1.54) is 11.4 Å². The van der Waals surface area contributed by atoms with Gasteiger partial charge in [-0.2, -0.15) is 0 Å². The maximum Gasteiger partial charge on any atom is 0.526 e. The molecule has 1 aliphatic heterocycles. The minimum Gasteiger partial charge on any atom is -0.535 e. The van der Waals surface area contributed by atoms with Crippen LogP contribution in [0.5, 0.6) is 5.75 Å². The fourth-order valence-electron chi connectivity index (χ4n) is 4.15. The molecule has 2 heterocycles. The van der Waals surface area contributed by atoms with Crippen LogP contribution in [0.3, 0.4) is 0 Å². The van der Waals surface area contributed by atoms with E-state index in [0.29, 0.717) is 5.56 Å². The second-order valence-electron chi connectivity index (χ2n) is 9.32. The van der Waals surface area contributed by atoms with Gasteiger partial charge in [0.2, 0.25) is 0 Å². The third-order valence-corrected chi connectivity index (χ3v) is 6.88. The van der Waals surface area contributed by atoms with Crippen LogP contribution >= 0.6 is 11.3 Å². The Labute approximate surface area is 250 Å². The van der Waals surface area contributed by atoms with Gasteiger partial charge in [-0.15, -0.1) is 11.3 Å². The number of thiazole rings is 1. The van der Waals surface area contributed by atoms with Gasteiger partial charge in [-0.1, -0.05) is 47.6 Å². The zero-order valence-corrected chi connectivity index (χ0v) is 23.5. The number of alkyl carbamates (subject to hydrolysis) is 1. The fraction of sp³-hybridized carbons (Fsp3) is 0.259. The summed E-state index contributed by atoms with van der Waals surface area (Å²) in [6, 6.07) is 13.7. The van der Waals surface area contributed by atoms with E-state index >= 15 is 0 Å². The van der Waals surface area contributed by atoms with E-state index in [0.717, 1.165) is 16.9 Å². The number of ether oxygens (including phenoxy) is 1. The number of nitrogens with two attached hydrogens (primary N) is 1. The quantitative estimate of drug-likeness (QED) is 0.0813. The van der Waals surface area contributed by atoms with Gasteiger partial charge in [-0.25, -0.2) is 14.6 Å². The summed E-state index contributed by atoms with van der Waals surface area (Å²) in [4.78, 5) is 57.9. The van der Waals surface area contributed by atoms with Gasteiger partial charge < -0.3 is 40.7 Å². The summed E-state index contributed by atoms with van der Waals surface area (Å²) in [6.45, 7) is -0.226. The number of aromatic nitrogens is 1. The molecule has 0 spiro atoms. The molecule has 224 valence electrons. The van der Waals surface area contributed by atoms with Crippen molar-refractivity contribution >= 4 is 53.1 Å². The maximum atomic E-state index is 13.2. The zero-order valence-electron chi connectivity index (χ0n) is 22.7. The molecule has 0 unspecified atom stereocenters. The number of anilines is 1. The molecule has 1 atom stereocenters. The van der Waals surface area contributed by atoms with Crippen molar-refractivity contribution in [2.45, 2.75) is 25.3 Å². The molecular formula is C27H28BN5O9S. The molecule has 6 N–H and O–H groups in total. The Balaban J connectivity index is 1.27. The molecule has 0 fully saturated rings. The lowest BCUT2D eigenvalue weighted by atomic mass is 9.64. The second kappa shape index (κ2) is 14.8. The molecule has 0 saturated carbocycles. The van der Waals surface area contributed by atoms with Gasteiger partial charge >= 0.3 is 19.2 Å². The number of carbonyl (C=O) groups excluding carboxylic acids is 3. The van der Waals surface area contributed by atoms with Crippen LogP contribution in [0.2, 0.25) is 5.82 Å². The first-order valence-electron chi connectivity index (χ1n) is 13.1. The van der Waals surface area contributed by atoms with Crippen molar-refractivity contribution in [3.8, 4) is 5.75 Å². The number of nitrogen functional groups attached to an aromatic ring is 1. The molecule has 0 saturated heterocycles. The van der Waals surface area contributed by atoms with Crippen LogP contribution in [-0.2, 0) is 32.2 Å². The number of amides is 2. The highest BCUT2D eigenvalue weighted by Gasteiger charge is 2.39. The van der Waals surface area contributed by atoms with Crippen LogP contribution in [0.15, 0.2) is 59.1 Å². The summed E-state index contributed by atoms with van der Waals surface area (Å²) >= 11 is 1.07. The Morgan fingerprint density at radius 1 is 1.12 bits per heavy atom. The minimum atomic E-state index is -1.45. The lowest BCUT2D eigenvalue weighted by Crippen LogP contribution is -2.37. The third-order valence-electron chi connectivity index (χ3n) is 6.21. The number of benzene rings is 2. The molecule has 1 aliphatic rings. The average Bonchev–Trinajstić information content (AvgIpc) is 3.42. The lowest BCUT2D eigenvalue weighted by molar-refractivity contribution is -0.125. The number of rotatable bonds is 13. The average molecular weight is 609 g/mol. The van der Waals surface area contributed by atoms with Crippen LogP contribution < -0.4 is 21.0 Å². The summed E-state index contributed by atoms with van der Waals surface area (Å²) in [5.41, 5.74) is 6.92. The number of carboxylic acids is 1. The Hall–Kier alpha value is -4.96. The Morgan fingerprint density at radius 2 is 1.88 bits per heavy atom. The molecule has 0 aliphatic carbocycles. The molecule has 0 bridgehead atoms. The highest BCUT2D eigenvalue weighted by atomic mass is 32.1. The van der Waals surface area contributed by atoms with E-state index in [9.17, 15) is 29.3 Å². The maximum absolute atomic E-state index is 13.2. The number of Topliss-reactive ketones (excluding diaryl/α,β-unsaturated/α-hetero) is 1. The normalized spacial score (nSPS) is 14.2. The Bertz CT molecular complexity index is 1500. The number of hydrogen-bond donors (Lipinski definition) is 5. The molecule has 2 aromatic carbocycles. The minimum absolute atomic E-state index is 0.0565. The number of carboxylic acid groups (broad SMARTS) is 1. The summed E-state index contributed by atoms with van der Waals surface area (Å²) in [5, 5.41) is 30.5. The number of nitrogens with zero attached hydrogens (tertiary/aromatic N) is 2. The largest absolute Gasteiger partial charge is 0.535 e. The number of fused-ring (bicyclic) bond motifs is 1. The number of ketones is 1. The van der Waals surface area contributed by atoms with Crippen molar-refractivity contribution in [3.05, 3.63) is 76.3 Å². The van der Waals surface area contributed by atoms with Gasteiger partial charge in [0, 0.05) is 30.7 Å². The van der Waals surface area contributed by atoms with Crippen molar-refractivity contribution in [2.75, 3.05) is 25.4 Å². The van der Waals surface area contributed by atoms with Gasteiger partial charge in [-0.05, 0) is 23.6 Å². The first-order chi connectivity index (χ1) is 20.7. The predicted octanol–water partition coefficient (Wildman–Crippen LogP) is 1.63. The topological polar surface area (TPSA) is 212 Å². The number of aromatic carboxylic acids is 1. The smallest absolute Gasteiger partial charge is 0.526 e. The van der Waals surface area contributed by atoms with E-state index in [1.807, 2.05) is 30.3 Å². The molecule has 0 radical (unpaired) electrons. The van der Waals surface area contributed by atoms with Gasteiger partial charge in [0.1, 0.15) is 18.1 Å². The molecule has 16 heteroatoms. The van der Waals surface area contributed by atoms with E-state index in [-0.39, 0.29) is 60.4 Å². The lowest BCUT2D eigenvalue weighted by Gasteiger charge is -2.28. The molecule has 14 nitrogen and oxygen atoms in total. The van der Waals surface area contributed by atoms with Crippen LogP contribution in [-0.4, -0.2) is 71.4 Å². The molecule has 43 heavy (non-hydrogen) atoms. The first-order valence-corrected chi connectivity index (χ1v) is 13.9. The molecule has 1 aromatic heterocycles. The Kier molecular flexibility index (Phi) is 10.7. The van der Waals surface area contributed by atoms with E-state index in [1.54, 1.807) is 12.1 Å². The number of nitrogens with one attached hydrogen (secondary N) is 2. The second-order valence-corrected chi connectivity index (χ2v) is 10.2. The highest BCUT2D eigenvalue weighted by molar-refractivity contribution is 7.13. The van der Waals surface area contributed by atoms with Crippen LogP contribution in [0, 0.1) is 0 Å². The van der Waals surface area contributed by atoms with Crippen molar-refractivity contribution < 1.29 is 43.5 Å². The Morgan fingerprint density at radius 3 is 2.60 bits per heavy atom. The van der Waals surface area contributed by atoms with Gasteiger partial charge in [0.05, 0.1) is 5.56 Å². The highest BCUT2D eigenvalue weighted by Crippen LogP contribution is 2.36. The number of para-hydroxylation sites is 1. The van der Waals surface area contributed by atoms with E-state index in [2.05, 4.69) is 20.8 Å². The SMILES string of the molecule is Nc1nc(/C(=N/OCC(=O)NCCNC(=O)OCc2ccccc2)C(=O)C[C@H]2Cc3cccc(C(=O)O)c3OB2O)cs1.